The average molecular weight is 432 g/mol. The van der Waals surface area contributed by atoms with Gasteiger partial charge < -0.3 is 28.3 Å². The number of carbonyl (C=O) groups excluding carboxylic acids is 2. The number of amides is 1. The van der Waals surface area contributed by atoms with E-state index < -0.39 is 22.5 Å². The Hall–Kier alpha value is 0.604. The first-order valence-corrected chi connectivity index (χ1v) is 6.60. The van der Waals surface area contributed by atoms with Crippen molar-refractivity contribution in [3.8, 4) is 0 Å². The van der Waals surface area contributed by atoms with E-state index in [4.69, 9.17) is 11.6 Å². The molecule has 1 radical (unpaired) electrons. The molecule has 2 N–H and O–H groups in total. The predicted octanol–water partition coefficient (Wildman–Crippen LogP) is 2.83. The van der Waals surface area contributed by atoms with E-state index in [0.29, 0.717) is 25.7 Å². The third kappa shape index (κ3) is 7.91. The molecule has 0 aromatic heterocycles. The van der Waals surface area contributed by atoms with Crippen molar-refractivity contribution in [1.29, 1.82) is 0 Å². The average Bonchev–Trinajstić information content (AvgIpc) is 3.09. The van der Waals surface area contributed by atoms with Crippen LogP contribution in [0.3, 0.4) is 0 Å². The number of carbonyl (C=O) groups is 2. The molecule has 0 aromatic carbocycles. The van der Waals surface area contributed by atoms with Crippen LogP contribution in [0.25, 0.3) is 0 Å². The summed E-state index contributed by atoms with van der Waals surface area (Å²) in [6.45, 7) is 1.99. The minimum atomic E-state index is -1.62. The summed E-state index contributed by atoms with van der Waals surface area (Å²) < 4.78 is 26.3. The van der Waals surface area contributed by atoms with Crippen molar-refractivity contribution >= 4 is 45.3 Å². The van der Waals surface area contributed by atoms with E-state index in [1.54, 1.807) is 0 Å². The van der Waals surface area contributed by atoms with Gasteiger partial charge in [0, 0.05) is 18.6 Å². The molecule has 18 heavy (non-hydrogen) atoms. The molecular formula is C10H14ClF2INO2V-. The van der Waals surface area contributed by atoms with E-state index in [2.05, 4.69) is 28.3 Å². The first kappa shape index (κ1) is 20.9. The van der Waals surface area contributed by atoms with Crippen LogP contribution in [0.5, 0.6) is 0 Å². The zero-order chi connectivity index (χ0) is 13.7. The van der Waals surface area contributed by atoms with Crippen LogP contribution in [-0.4, -0.2) is 22.5 Å². The molecule has 3 nitrogen and oxygen atoms in total. The summed E-state index contributed by atoms with van der Waals surface area (Å²) in [7, 11) is 0. The molecule has 0 aromatic rings. The maximum atomic E-state index is 12.1. The van der Waals surface area contributed by atoms with E-state index in [1.807, 2.05) is 11.4 Å². The second kappa shape index (κ2) is 8.71. The Morgan fingerprint density at radius 2 is 1.50 bits per heavy atom. The molecule has 2 saturated carbocycles. The number of rotatable bonds is 2. The number of hydrogen-bond donors (Lipinski definition) is 1. The van der Waals surface area contributed by atoms with Crippen molar-refractivity contribution in [2.75, 3.05) is 0 Å². The molecule has 1 amide bonds. The fraction of sp³-hybridized carbons (Fsp3) is 0.700. The quantitative estimate of drug-likeness (QED) is 0.415. The predicted molar refractivity (Wildman–Crippen MR) is 70.2 cm³/mol. The second-order valence-corrected chi connectivity index (χ2v) is 5.38. The van der Waals surface area contributed by atoms with Crippen molar-refractivity contribution in [2.24, 2.45) is 5.73 Å². The van der Waals surface area contributed by atoms with Gasteiger partial charge in [0.25, 0.3) is 11.1 Å². The van der Waals surface area contributed by atoms with Gasteiger partial charge in [-0.2, -0.15) is 6.92 Å². The van der Waals surface area contributed by atoms with Crippen LogP contribution >= 0.6 is 34.2 Å². The molecular weight excluding hydrogens is 417 g/mol. The number of nitrogens with two attached hydrogens (primary N) is 1. The smallest absolute Gasteiger partial charge is 0.258 e. The Labute approximate surface area is 136 Å². The van der Waals surface area contributed by atoms with Gasteiger partial charge >= 0.3 is 0 Å². The monoisotopic (exact) mass is 431 g/mol. The molecule has 0 heterocycles. The number of primary amides is 1. The Morgan fingerprint density at radius 3 is 1.50 bits per heavy atom. The molecule has 2 rings (SSSR count). The Morgan fingerprint density at radius 1 is 1.22 bits per heavy atom. The van der Waals surface area contributed by atoms with E-state index in [0.717, 1.165) is 0 Å². The Kier molecular flexibility index (Phi) is 10.1. The summed E-state index contributed by atoms with van der Waals surface area (Å²) in [4.78, 5) is 19.8. The molecule has 2 fully saturated rings. The van der Waals surface area contributed by atoms with Crippen LogP contribution in [-0.2, 0) is 28.1 Å². The summed E-state index contributed by atoms with van der Waals surface area (Å²) in [5.41, 5.74) is 1.38. The van der Waals surface area contributed by atoms with Crippen LogP contribution in [0, 0.1) is 4.43 Å². The van der Waals surface area contributed by atoms with Gasteiger partial charge in [-0.1, -0.05) is 0 Å². The molecule has 0 atom stereocenters. The topological polar surface area (TPSA) is 60.2 Å². The van der Waals surface area contributed by atoms with Gasteiger partial charge in [-0.15, -0.1) is 0 Å². The van der Waals surface area contributed by atoms with Crippen molar-refractivity contribution in [1.82, 2.24) is 0 Å². The number of halogens is 4. The van der Waals surface area contributed by atoms with Gasteiger partial charge in [-0.3, -0.25) is 14.0 Å². The Balaban J connectivity index is 0. The molecule has 8 heteroatoms. The van der Waals surface area contributed by atoms with E-state index in [1.165, 1.54) is 0 Å². The number of alkyl halides is 2. The summed E-state index contributed by atoms with van der Waals surface area (Å²) in [6.07, 6.45) is 1.27. The minimum absolute atomic E-state index is 0. The zero-order valence-electron chi connectivity index (χ0n) is 9.76. The number of hydrogen-bond acceptors (Lipinski definition) is 2. The van der Waals surface area contributed by atoms with Crippen LogP contribution in [0.15, 0.2) is 0 Å². The fourth-order valence-electron chi connectivity index (χ4n) is 0.662. The van der Waals surface area contributed by atoms with Crippen molar-refractivity contribution in [2.45, 2.75) is 43.9 Å². The van der Waals surface area contributed by atoms with Crippen LogP contribution in [0.1, 0.15) is 32.6 Å². The van der Waals surface area contributed by atoms with Crippen molar-refractivity contribution < 1.29 is 36.9 Å². The first-order valence-electron chi connectivity index (χ1n) is 4.97. The van der Waals surface area contributed by atoms with Gasteiger partial charge in [0.1, 0.15) is 0 Å². The third-order valence-electron chi connectivity index (χ3n) is 2.17. The minimum Gasteiger partial charge on any atom is -0.367 e. The molecule has 0 unspecified atom stereocenters. The summed E-state index contributed by atoms with van der Waals surface area (Å²) in [5, 5.41) is -0.840. The molecule has 2 aliphatic carbocycles. The van der Waals surface area contributed by atoms with Crippen LogP contribution in [0.2, 0.25) is 0 Å². The molecule has 2 aliphatic rings. The van der Waals surface area contributed by atoms with Crippen LogP contribution in [0.4, 0.5) is 8.78 Å². The second-order valence-electron chi connectivity index (χ2n) is 3.79. The molecule has 0 spiro atoms. The maximum Gasteiger partial charge on any atom is 0.258 e. The fourth-order valence-corrected chi connectivity index (χ4v) is 0.851. The zero-order valence-corrected chi connectivity index (χ0v) is 14.1. The van der Waals surface area contributed by atoms with Crippen molar-refractivity contribution in [3.05, 3.63) is 4.43 Å². The Bertz CT molecular complexity index is 272. The maximum absolute atomic E-state index is 12.1. The van der Waals surface area contributed by atoms with E-state index in [-0.39, 0.29) is 18.6 Å². The van der Waals surface area contributed by atoms with E-state index >= 15 is 0 Å². The van der Waals surface area contributed by atoms with Crippen molar-refractivity contribution in [3.63, 3.8) is 0 Å². The van der Waals surface area contributed by atoms with Gasteiger partial charge in [0.15, 0.2) is 11.3 Å². The molecule has 0 aliphatic heterocycles. The van der Waals surface area contributed by atoms with Gasteiger partial charge in [-0.05, 0) is 37.3 Å². The summed E-state index contributed by atoms with van der Waals surface area (Å²) >= 11 is 6.97. The largest absolute Gasteiger partial charge is 0.367 e. The summed E-state index contributed by atoms with van der Waals surface area (Å²) in [5.74, 6) is -0.812. The van der Waals surface area contributed by atoms with Gasteiger partial charge in [0.2, 0.25) is 0 Å². The SMILES string of the molecule is C[CH-]I.NC(=O)C1(F)CC1.O=C(Cl)C1(F)CC1.[V]. The van der Waals surface area contributed by atoms with Crippen LogP contribution < -0.4 is 5.73 Å². The normalized spacial score (nSPS) is 19.8. The standard InChI is InChI=1S/C4H4ClFO.C4H6FNO.C2H4I.V/c5-3(7)4(6)1-2-4;5-4(1-2-4)3(6)7;1-2-3;/h1-2H2;1-2H2,(H2,6,7);2H,1H3;/q;;-1;. The molecule has 105 valence electrons. The molecule has 0 bridgehead atoms. The first-order chi connectivity index (χ1) is 7.72. The van der Waals surface area contributed by atoms with Gasteiger partial charge in [-0.25, -0.2) is 8.78 Å². The van der Waals surface area contributed by atoms with E-state index in [9.17, 15) is 18.4 Å². The summed E-state index contributed by atoms with van der Waals surface area (Å²) in [6, 6.07) is 0. The third-order valence-corrected chi connectivity index (χ3v) is 2.51. The molecule has 0 saturated heterocycles. The van der Waals surface area contributed by atoms with Gasteiger partial charge in [0.05, 0.1) is 0 Å².